The molecule has 0 unspecified atom stereocenters. The van der Waals surface area contributed by atoms with E-state index in [1.165, 1.54) is 0 Å². The van der Waals surface area contributed by atoms with Crippen molar-refractivity contribution in [1.29, 1.82) is 0 Å². The van der Waals surface area contributed by atoms with Crippen molar-refractivity contribution in [2.75, 3.05) is 12.4 Å². The fourth-order valence-corrected chi connectivity index (χ4v) is 2.00. The first-order valence-corrected chi connectivity index (χ1v) is 6.34. The van der Waals surface area contributed by atoms with Crippen LogP contribution >= 0.6 is 15.9 Å². The minimum Gasteiger partial charge on any atom is -0.497 e. The van der Waals surface area contributed by atoms with Gasteiger partial charge >= 0.3 is 5.97 Å². The van der Waals surface area contributed by atoms with Crippen LogP contribution in [-0.2, 0) is 0 Å². The maximum atomic E-state index is 11.1. The van der Waals surface area contributed by atoms with Crippen molar-refractivity contribution in [2.45, 2.75) is 0 Å². The summed E-state index contributed by atoms with van der Waals surface area (Å²) in [5, 5.41) is 12.2. The topological polar surface area (TPSA) is 58.6 Å². The number of nitrogens with one attached hydrogen (secondary N) is 1. The van der Waals surface area contributed by atoms with Crippen LogP contribution in [0, 0.1) is 0 Å². The number of carboxylic acids is 1. The van der Waals surface area contributed by atoms with Crippen LogP contribution in [0.5, 0.6) is 5.75 Å². The number of hydrogen-bond donors (Lipinski definition) is 2. The second kappa shape index (κ2) is 5.75. The molecule has 19 heavy (non-hydrogen) atoms. The Morgan fingerprint density at radius 1 is 1.21 bits per heavy atom. The fourth-order valence-electron chi connectivity index (χ4n) is 1.65. The van der Waals surface area contributed by atoms with Crippen molar-refractivity contribution < 1.29 is 14.6 Å². The Morgan fingerprint density at radius 2 is 1.95 bits per heavy atom. The van der Waals surface area contributed by atoms with Gasteiger partial charge < -0.3 is 15.2 Å². The number of anilines is 2. The summed E-state index contributed by atoms with van der Waals surface area (Å²) in [4.78, 5) is 11.1. The Balaban J connectivity index is 2.38. The van der Waals surface area contributed by atoms with E-state index in [1.54, 1.807) is 37.4 Å². The van der Waals surface area contributed by atoms with Gasteiger partial charge in [-0.15, -0.1) is 0 Å². The Labute approximate surface area is 119 Å². The highest BCUT2D eigenvalue weighted by molar-refractivity contribution is 9.10. The van der Waals surface area contributed by atoms with Crippen LogP contribution < -0.4 is 10.1 Å². The standard InChI is InChI=1S/C14H12BrNO3/c1-19-9-6-7-11(15)13(8-9)16-12-5-3-2-4-10(12)14(17)18/h2-8,16H,1H3,(H,17,18). The molecule has 4 nitrogen and oxygen atoms in total. The fraction of sp³-hybridized carbons (Fsp3) is 0.0714. The van der Waals surface area contributed by atoms with Gasteiger partial charge in [-0.05, 0) is 40.2 Å². The number of para-hydroxylation sites is 1. The van der Waals surface area contributed by atoms with Gasteiger partial charge in [0.2, 0.25) is 0 Å². The Kier molecular flexibility index (Phi) is 4.06. The molecule has 0 aliphatic carbocycles. The predicted octanol–water partition coefficient (Wildman–Crippen LogP) is 3.90. The SMILES string of the molecule is COc1ccc(Br)c(Nc2ccccc2C(=O)O)c1. The molecule has 0 aliphatic heterocycles. The van der Waals surface area contributed by atoms with E-state index < -0.39 is 5.97 Å². The smallest absolute Gasteiger partial charge is 0.337 e. The number of hydrogen-bond acceptors (Lipinski definition) is 3. The number of halogens is 1. The van der Waals surface area contributed by atoms with Crippen LogP contribution in [0.15, 0.2) is 46.9 Å². The molecular weight excluding hydrogens is 310 g/mol. The number of benzene rings is 2. The molecule has 2 aromatic carbocycles. The third kappa shape index (κ3) is 3.06. The highest BCUT2D eigenvalue weighted by atomic mass is 79.9. The van der Waals surface area contributed by atoms with Crippen LogP contribution in [0.25, 0.3) is 0 Å². The lowest BCUT2D eigenvalue weighted by molar-refractivity contribution is 0.0698. The number of aromatic carboxylic acids is 1. The van der Waals surface area contributed by atoms with Crippen LogP contribution in [-0.4, -0.2) is 18.2 Å². The average Bonchev–Trinajstić information content (AvgIpc) is 2.41. The van der Waals surface area contributed by atoms with Crippen molar-refractivity contribution in [3.8, 4) is 5.75 Å². The van der Waals surface area contributed by atoms with Crippen molar-refractivity contribution in [2.24, 2.45) is 0 Å². The highest BCUT2D eigenvalue weighted by Gasteiger charge is 2.10. The zero-order valence-corrected chi connectivity index (χ0v) is 11.8. The monoisotopic (exact) mass is 321 g/mol. The van der Waals surface area contributed by atoms with E-state index in [9.17, 15) is 4.79 Å². The zero-order chi connectivity index (χ0) is 13.8. The second-order valence-corrected chi connectivity index (χ2v) is 4.68. The molecule has 0 fully saturated rings. The normalized spacial score (nSPS) is 10.0. The van der Waals surface area contributed by atoms with Gasteiger partial charge in [-0.3, -0.25) is 0 Å². The molecule has 0 aromatic heterocycles. The minimum atomic E-state index is -0.970. The molecule has 2 aromatic rings. The van der Waals surface area contributed by atoms with E-state index in [1.807, 2.05) is 12.1 Å². The van der Waals surface area contributed by atoms with Gasteiger partial charge in [0.15, 0.2) is 0 Å². The van der Waals surface area contributed by atoms with Crippen LogP contribution in [0.4, 0.5) is 11.4 Å². The highest BCUT2D eigenvalue weighted by Crippen LogP contribution is 2.30. The first-order valence-electron chi connectivity index (χ1n) is 5.54. The van der Waals surface area contributed by atoms with E-state index in [2.05, 4.69) is 21.2 Å². The first-order chi connectivity index (χ1) is 9.11. The molecule has 2 N–H and O–H groups in total. The average molecular weight is 322 g/mol. The van der Waals surface area contributed by atoms with Gasteiger partial charge in [0.25, 0.3) is 0 Å². The van der Waals surface area contributed by atoms with Crippen molar-refractivity contribution in [1.82, 2.24) is 0 Å². The molecular formula is C14H12BrNO3. The van der Waals surface area contributed by atoms with Crippen LogP contribution in [0.2, 0.25) is 0 Å². The summed E-state index contributed by atoms with van der Waals surface area (Å²) in [7, 11) is 1.58. The molecule has 0 amide bonds. The number of methoxy groups -OCH3 is 1. The molecule has 5 heteroatoms. The van der Waals surface area contributed by atoms with E-state index in [0.29, 0.717) is 11.4 Å². The van der Waals surface area contributed by atoms with Crippen molar-refractivity contribution >= 4 is 33.3 Å². The third-order valence-electron chi connectivity index (χ3n) is 2.60. The van der Waals surface area contributed by atoms with E-state index in [0.717, 1.165) is 10.2 Å². The zero-order valence-electron chi connectivity index (χ0n) is 10.2. The molecule has 0 heterocycles. The summed E-state index contributed by atoms with van der Waals surface area (Å²) in [5.41, 5.74) is 1.49. The Hall–Kier alpha value is -2.01. The molecule has 0 aliphatic rings. The molecule has 98 valence electrons. The summed E-state index contributed by atoms with van der Waals surface area (Å²) >= 11 is 3.41. The first kappa shape index (κ1) is 13.4. The summed E-state index contributed by atoms with van der Waals surface area (Å²) in [6.07, 6.45) is 0. The molecule has 0 bridgehead atoms. The van der Waals surface area contributed by atoms with Gasteiger partial charge in [-0.2, -0.15) is 0 Å². The lowest BCUT2D eigenvalue weighted by Crippen LogP contribution is -2.02. The lowest BCUT2D eigenvalue weighted by Gasteiger charge is -2.12. The molecule has 0 radical (unpaired) electrons. The summed E-state index contributed by atoms with van der Waals surface area (Å²) in [5.74, 6) is -0.277. The number of rotatable bonds is 4. The third-order valence-corrected chi connectivity index (χ3v) is 3.29. The Morgan fingerprint density at radius 3 is 2.63 bits per heavy atom. The van der Waals surface area contributed by atoms with Gasteiger partial charge in [0.05, 0.1) is 24.0 Å². The maximum absolute atomic E-state index is 11.1. The van der Waals surface area contributed by atoms with E-state index in [4.69, 9.17) is 9.84 Å². The predicted molar refractivity (Wildman–Crippen MR) is 77.4 cm³/mol. The number of carboxylic acid groups (broad SMARTS) is 1. The lowest BCUT2D eigenvalue weighted by atomic mass is 10.1. The molecule has 2 rings (SSSR count). The number of ether oxygens (including phenoxy) is 1. The van der Waals surface area contributed by atoms with Crippen molar-refractivity contribution in [3.63, 3.8) is 0 Å². The maximum Gasteiger partial charge on any atom is 0.337 e. The summed E-state index contributed by atoms with van der Waals surface area (Å²) < 4.78 is 5.98. The molecule has 0 atom stereocenters. The quantitative estimate of drug-likeness (QED) is 0.896. The van der Waals surface area contributed by atoms with Crippen molar-refractivity contribution in [3.05, 3.63) is 52.5 Å². The van der Waals surface area contributed by atoms with Gasteiger partial charge in [0.1, 0.15) is 5.75 Å². The largest absolute Gasteiger partial charge is 0.497 e. The van der Waals surface area contributed by atoms with Crippen LogP contribution in [0.1, 0.15) is 10.4 Å². The minimum absolute atomic E-state index is 0.220. The Bertz CT molecular complexity index is 613. The van der Waals surface area contributed by atoms with Gasteiger partial charge in [-0.25, -0.2) is 4.79 Å². The molecule has 0 spiro atoms. The summed E-state index contributed by atoms with van der Waals surface area (Å²) in [6, 6.07) is 12.2. The molecule has 0 saturated heterocycles. The van der Waals surface area contributed by atoms with Crippen LogP contribution in [0.3, 0.4) is 0 Å². The van der Waals surface area contributed by atoms with Gasteiger partial charge in [0, 0.05) is 10.5 Å². The van der Waals surface area contributed by atoms with E-state index in [-0.39, 0.29) is 5.56 Å². The van der Waals surface area contributed by atoms with Gasteiger partial charge in [-0.1, -0.05) is 12.1 Å². The van der Waals surface area contributed by atoms with E-state index >= 15 is 0 Å². The number of carbonyl (C=O) groups is 1. The summed E-state index contributed by atoms with van der Waals surface area (Å²) in [6.45, 7) is 0. The second-order valence-electron chi connectivity index (χ2n) is 3.82. The molecule has 0 saturated carbocycles.